The van der Waals surface area contributed by atoms with Crippen molar-refractivity contribution in [2.24, 2.45) is 4.99 Å². The maximum Gasteiger partial charge on any atom is 0.198 e. The Morgan fingerprint density at radius 2 is 1.96 bits per heavy atom. The summed E-state index contributed by atoms with van der Waals surface area (Å²) in [5, 5.41) is 4.58. The van der Waals surface area contributed by atoms with Gasteiger partial charge in [0.2, 0.25) is 0 Å². The Labute approximate surface area is 159 Å². The smallest absolute Gasteiger partial charge is 0.198 e. The van der Waals surface area contributed by atoms with Crippen LogP contribution < -0.4 is 5.32 Å². The highest BCUT2D eigenvalue weighted by molar-refractivity contribution is 14.0. The van der Waals surface area contributed by atoms with Gasteiger partial charge in [-0.25, -0.2) is 9.98 Å². The molecule has 0 saturated carbocycles. The lowest BCUT2D eigenvalue weighted by Crippen LogP contribution is -2.40. The Hall–Kier alpha value is -1.15. The Bertz CT molecular complexity index is 621. The molecule has 4 nitrogen and oxygen atoms in total. The van der Waals surface area contributed by atoms with E-state index in [1.807, 2.05) is 31.3 Å². The first-order valence-corrected chi connectivity index (χ1v) is 8.66. The number of benzene rings is 1. The van der Waals surface area contributed by atoms with Crippen LogP contribution in [0.3, 0.4) is 0 Å². The zero-order valence-corrected chi connectivity index (χ0v) is 16.5. The summed E-state index contributed by atoms with van der Waals surface area (Å²) in [5.41, 5.74) is 1.09. The highest BCUT2D eigenvalue weighted by Crippen LogP contribution is 2.16. The van der Waals surface area contributed by atoms with E-state index in [2.05, 4.69) is 27.3 Å². The Morgan fingerprint density at radius 3 is 2.61 bits per heavy atom. The summed E-state index contributed by atoms with van der Waals surface area (Å²) >= 11 is 1.72. The quantitative estimate of drug-likeness (QED) is 0.432. The van der Waals surface area contributed by atoms with E-state index in [1.165, 1.54) is 24.1 Å². The molecule has 0 unspecified atom stereocenters. The standard InChI is InChI=1S/C17H22N4S.HI/c1-14-18-12-16(22-14)13-19-17(21-10-6-3-7-11-21)20-15-8-4-2-5-9-15;/h2,4-5,8-9,12H,3,6-7,10-11,13H2,1H3,(H,19,20);1H. The van der Waals surface area contributed by atoms with E-state index in [9.17, 15) is 0 Å². The number of rotatable bonds is 3. The van der Waals surface area contributed by atoms with Gasteiger partial charge in [0.05, 0.1) is 11.6 Å². The van der Waals surface area contributed by atoms with Crippen LogP contribution in [0.15, 0.2) is 41.5 Å². The molecule has 1 fully saturated rings. The lowest BCUT2D eigenvalue weighted by Gasteiger charge is -2.30. The van der Waals surface area contributed by atoms with Crippen molar-refractivity contribution in [1.82, 2.24) is 9.88 Å². The summed E-state index contributed by atoms with van der Waals surface area (Å²) in [7, 11) is 0. The number of halogens is 1. The van der Waals surface area contributed by atoms with Crippen molar-refractivity contribution >= 4 is 47.0 Å². The number of aromatic nitrogens is 1. The van der Waals surface area contributed by atoms with Gasteiger partial charge < -0.3 is 10.2 Å². The van der Waals surface area contributed by atoms with Crippen LogP contribution in [0.5, 0.6) is 0 Å². The fourth-order valence-electron chi connectivity index (χ4n) is 2.61. The van der Waals surface area contributed by atoms with E-state index < -0.39 is 0 Å². The van der Waals surface area contributed by atoms with Crippen LogP contribution in [-0.2, 0) is 6.54 Å². The summed E-state index contributed by atoms with van der Waals surface area (Å²) < 4.78 is 0. The summed E-state index contributed by atoms with van der Waals surface area (Å²) in [4.78, 5) is 12.7. The highest BCUT2D eigenvalue weighted by atomic mass is 127. The maximum atomic E-state index is 4.83. The molecule has 1 aliphatic heterocycles. The third-order valence-corrected chi connectivity index (χ3v) is 4.64. The fraction of sp³-hybridized carbons (Fsp3) is 0.412. The Balaban J connectivity index is 0.00000192. The molecule has 1 saturated heterocycles. The number of aryl methyl sites for hydroxylation is 1. The van der Waals surface area contributed by atoms with Crippen LogP contribution in [0.4, 0.5) is 5.69 Å². The molecule has 2 aromatic rings. The number of aliphatic imine (C=N–C) groups is 1. The highest BCUT2D eigenvalue weighted by Gasteiger charge is 2.15. The second-order valence-electron chi connectivity index (χ2n) is 5.52. The molecule has 1 N–H and O–H groups in total. The van der Waals surface area contributed by atoms with E-state index in [1.54, 1.807) is 11.3 Å². The van der Waals surface area contributed by atoms with Crippen molar-refractivity contribution in [3.63, 3.8) is 0 Å². The fourth-order valence-corrected chi connectivity index (χ4v) is 3.33. The normalized spacial score (nSPS) is 15.2. The topological polar surface area (TPSA) is 40.5 Å². The van der Waals surface area contributed by atoms with Crippen LogP contribution in [-0.4, -0.2) is 28.9 Å². The van der Waals surface area contributed by atoms with E-state index in [4.69, 9.17) is 4.99 Å². The van der Waals surface area contributed by atoms with Gasteiger partial charge in [0, 0.05) is 29.9 Å². The number of guanidine groups is 1. The first-order valence-electron chi connectivity index (χ1n) is 7.84. The van der Waals surface area contributed by atoms with Gasteiger partial charge in [0.25, 0.3) is 0 Å². The van der Waals surface area contributed by atoms with Crippen LogP contribution in [0, 0.1) is 6.92 Å². The monoisotopic (exact) mass is 442 g/mol. The van der Waals surface area contributed by atoms with E-state index in [-0.39, 0.29) is 24.0 Å². The third-order valence-electron chi connectivity index (χ3n) is 3.74. The number of para-hydroxylation sites is 1. The number of nitrogens with zero attached hydrogens (tertiary/aromatic N) is 3. The van der Waals surface area contributed by atoms with Crippen LogP contribution in [0.25, 0.3) is 0 Å². The van der Waals surface area contributed by atoms with Crippen molar-refractivity contribution in [1.29, 1.82) is 0 Å². The van der Waals surface area contributed by atoms with Crippen LogP contribution in [0.1, 0.15) is 29.1 Å². The molecule has 0 spiro atoms. The molecule has 0 aliphatic carbocycles. The molecule has 0 amide bonds. The van der Waals surface area contributed by atoms with E-state index >= 15 is 0 Å². The van der Waals surface area contributed by atoms with E-state index in [0.717, 1.165) is 29.7 Å². The zero-order chi connectivity index (χ0) is 15.2. The minimum absolute atomic E-state index is 0. The average molecular weight is 442 g/mol. The van der Waals surface area contributed by atoms with Gasteiger partial charge in [-0.2, -0.15) is 0 Å². The first-order chi connectivity index (χ1) is 10.8. The van der Waals surface area contributed by atoms with Gasteiger partial charge in [-0.3, -0.25) is 0 Å². The van der Waals surface area contributed by atoms with Gasteiger partial charge in [-0.1, -0.05) is 18.2 Å². The maximum absolute atomic E-state index is 4.83. The number of nitrogens with one attached hydrogen (secondary N) is 1. The zero-order valence-electron chi connectivity index (χ0n) is 13.4. The van der Waals surface area contributed by atoms with Crippen LogP contribution >= 0.6 is 35.3 Å². The predicted molar refractivity (Wildman–Crippen MR) is 109 cm³/mol. The van der Waals surface area contributed by atoms with Crippen molar-refractivity contribution in [3.05, 3.63) is 46.4 Å². The van der Waals surface area contributed by atoms with Crippen molar-refractivity contribution < 1.29 is 0 Å². The van der Waals surface area contributed by atoms with Crippen molar-refractivity contribution in [2.75, 3.05) is 18.4 Å². The molecule has 2 heterocycles. The number of hydrogen-bond acceptors (Lipinski definition) is 3. The SMILES string of the molecule is Cc1ncc(CN=C(Nc2ccccc2)N2CCCCC2)s1.I. The summed E-state index contributed by atoms with van der Waals surface area (Å²) in [5.74, 6) is 0.983. The van der Waals surface area contributed by atoms with Crippen molar-refractivity contribution in [3.8, 4) is 0 Å². The number of thiazole rings is 1. The minimum atomic E-state index is 0. The third kappa shape index (κ3) is 5.46. The molecule has 23 heavy (non-hydrogen) atoms. The summed E-state index contributed by atoms with van der Waals surface area (Å²) in [6.07, 6.45) is 5.74. The second-order valence-corrected chi connectivity index (χ2v) is 6.84. The Kier molecular flexibility index (Phi) is 7.29. The molecule has 0 radical (unpaired) electrons. The molecular formula is C17H23IN4S. The number of likely N-dealkylation sites (tertiary alicyclic amines) is 1. The molecule has 6 heteroatoms. The first kappa shape index (κ1) is 18.2. The van der Waals surface area contributed by atoms with Crippen molar-refractivity contribution in [2.45, 2.75) is 32.7 Å². The number of piperidine rings is 1. The van der Waals surface area contributed by atoms with E-state index in [0.29, 0.717) is 6.54 Å². The van der Waals surface area contributed by atoms with Gasteiger partial charge in [-0.15, -0.1) is 35.3 Å². The van der Waals surface area contributed by atoms with Crippen LogP contribution in [0.2, 0.25) is 0 Å². The number of hydrogen-bond donors (Lipinski definition) is 1. The second kappa shape index (κ2) is 9.22. The van der Waals surface area contributed by atoms with Gasteiger partial charge in [-0.05, 0) is 38.3 Å². The van der Waals surface area contributed by atoms with Gasteiger partial charge in [0.1, 0.15) is 0 Å². The van der Waals surface area contributed by atoms with Gasteiger partial charge >= 0.3 is 0 Å². The minimum Gasteiger partial charge on any atom is -0.343 e. The largest absolute Gasteiger partial charge is 0.343 e. The Morgan fingerprint density at radius 1 is 1.22 bits per heavy atom. The molecule has 1 aromatic heterocycles. The summed E-state index contributed by atoms with van der Waals surface area (Å²) in [6, 6.07) is 10.3. The molecule has 3 rings (SSSR count). The lowest BCUT2D eigenvalue weighted by molar-refractivity contribution is 0.340. The predicted octanol–water partition coefficient (Wildman–Crippen LogP) is 4.52. The molecule has 0 bridgehead atoms. The molecule has 0 atom stereocenters. The van der Waals surface area contributed by atoms with Gasteiger partial charge in [0.15, 0.2) is 5.96 Å². The lowest BCUT2D eigenvalue weighted by atomic mass is 10.1. The molecule has 1 aromatic carbocycles. The molecular weight excluding hydrogens is 419 g/mol. The number of anilines is 1. The molecule has 1 aliphatic rings. The average Bonchev–Trinajstić information content (AvgIpc) is 2.99. The molecule has 124 valence electrons. The summed E-state index contributed by atoms with van der Waals surface area (Å²) in [6.45, 7) is 4.89.